The molecule has 2 rings (SSSR count). The summed E-state index contributed by atoms with van der Waals surface area (Å²) < 4.78 is 2.63. The highest BCUT2D eigenvalue weighted by Gasteiger charge is 2.24. The number of rotatable bonds is 3. The normalized spacial score (nSPS) is 30.5. The van der Waals surface area contributed by atoms with Crippen LogP contribution in [0.3, 0.4) is 0 Å². The minimum Gasteiger partial charge on any atom is -0.399 e. The van der Waals surface area contributed by atoms with E-state index in [0.717, 1.165) is 14.4 Å². The molecule has 0 aromatic carbocycles. The zero-order chi connectivity index (χ0) is 13.9. The SMILES string of the molecule is CPN1CCC(C2=C(N)C=CC(C)(SC)C=C2)CC1. The fourth-order valence-corrected chi connectivity index (χ4v) is 3.79. The van der Waals surface area contributed by atoms with Gasteiger partial charge in [0.15, 0.2) is 0 Å². The molecule has 19 heavy (non-hydrogen) atoms. The number of hydrogen-bond donors (Lipinski definition) is 1. The largest absolute Gasteiger partial charge is 0.399 e. The second-order valence-corrected chi connectivity index (χ2v) is 7.82. The first-order valence-electron chi connectivity index (χ1n) is 6.93. The van der Waals surface area contributed by atoms with Crippen molar-refractivity contribution in [1.82, 2.24) is 4.67 Å². The highest BCUT2D eigenvalue weighted by atomic mass is 32.2. The van der Waals surface area contributed by atoms with Gasteiger partial charge in [-0.2, -0.15) is 11.8 Å². The van der Waals surface area contributed by atoms with Gasteiger partial charge in [0.25, 0.3) is 0 Å². The van der Waals surface area contributed by atoms with Crippen LogP contribution in [0.2, 0.25) is 0 Å². The fraction of sp³-hybridized carbons (Fsp3) is 0.600. The van der Waals surface area contributed by atoms with Gasteiger partial charge >= 0.3 is 0 Å². The standard InChI is InChI=1S/C15H25N2PS/c1-15(19-3)8-4-13(14(16)5-9-15)12-6-10-17(18-2)11-7-12/h4-5,8-9,12,18H,6-7,10-11,16H2,1-3H3. The van der Waals surface area contributed by atoms with E-state index in [4.69, 9.17) is 5.73 Å². The molecule has 0 spiro atoms. The predicted octanol–water partition coefficient (Wildman–Crippen LogP) is 3.38. The predicted molar refractivity (Wildman–Crippen MR) is 89.9 cm³/mol. The summed E-state index contributed by atoms with van der Waals surface area (Å²) in [6.07, 6.45) is 13.5. The molecule has 0 aromatic heterocycles. The van der Waals surface area contributed by atoms with Crippen LogP contribution in [0.15, 0.2) is 35.6 Å². The lowest BCUT2D eigenvalue weighted by molar-refractivity contribution is 0.318. The van der Waals surface area contributed by atoms with Crippen LogP contribution in [0.4, 0.5) is 0 Å². The van der Waals surface area contributed by atoms with Crippen LogP contribution in [-0.4, -0.2) is 35.4 Å². The van der Waals surface area contributed by atoms with Gasteiger partial charge in [0.2, 0.25) is 0 Å². The van der Waals surface area contributed by atoms with E-state index in [1.165, 1.54) is 31.5 Å². The van der Waals surface area contributed by atoms with Crippen molar-refractivity contribution >= 4 is 20.5 Å². The molecule has 0 bridgehead atoms. The highest BCUT2D eigenvalue weighted by Crippen LogP contribution is 2.34. The van der Waals surface area contributed by atoms with Gasteiger partial charge in [-0.1, -0.05) is 27.0 Å². The number of allylic oxidation sites excluding steroid dienone is 3. The van der Waals surface area contributed by atoms with Gasteiger partial charge in [0.05, 0.1) is 0 Å². The summed E-state index contributed by atoms with van der Waals surface area (Å²) in [6.45, 7) is 6.94. The topological polar surface area (TPSA) is 29.3 Å². The summed E-state index contributed by atoms with van der Waals surface area (Å²) >= 11 is 1.85. The molecule has 0 amide bonds. The summed E-state index contributed by atoms with van der Waals surface area (Å²) in [4.78, 5) is 0. The third-order valence-electron chi connectivity index (χ3n) is 4.21. The smallest absolute Gasteiger partial charge is 0.0494 e. The Bertz CT molecular complexity index is 408. The first kappa shape index (κ1) is 15.2. The van der Waals surface area contributed by atoms with Gasteiger partial charge in [0.1, 0.15) is 0 Å². The van der Waals surface area contributed by atoms with E-state index in [-0.39, 0.29) is 4.75 Å². The maximum atomic E-state index is 6.27. The molecule has 106 valence electrons. The number of thioether (sulfide) groups is 1. The van der Waals surface area contributed by atoms with Crippen molar-refractivity contribution in [2.24, 2.45) is 11.7 Å². The zero-order valence-corrected chi connectivity index (χ0v) is 14.0. The average Bonchev–Trinajstić information content (AvgIpc) is 2.60. The number of hydrogen-bond acceptors (Lipinski definition) is 3. The lowest BCUT2D eigenvalue weighted by Crippen LogP contribution is -2.28. The van der Waals surface area contributed by atoms with Crippen LogP contribution in [0, 0.1) is 5.92 Å². The Balaban J connectivity index is 2.12. The Labute approximate surface area is 123 Å². The van der Waals surface area contributed by atoms with E-state index in [9.17, 15) is 0 Å². The summed E-state index contributed by atoms with van der Waals surface area (Å²) in [5, 5.41) is 0. The molecule has 2 aliphatic rings. The molecule has 0 aromatic rings. The average molecular weight is 296 g/mol. The van der Waals surface area contributed by atoms with Gasteiger partial charge in [-0.15, -0.1) is 0 Å². The third-order valence-corrected chi connectivity index (χ3v) is 6.44. The molecular formula is C15H25N2PS. The number of piperidine rings is 1. The van der Waals surface area contributed by atoms with E-state index in [0.29, 0.717) is 5.92 Å². The lowest BCUT2D eigenvalue weighted by atomic mass is 9.88. The van der Waals surface area contributed by atoms with Crippen molar-refractivity contribution in [3.63, 3.8) is 0 Å². The van der Waals surface area contributed by atoms with Crippen LogP contribution < -0.4 is 5.73 Å². The van der Waals surface area contributed by atoms with Crippen molar-refractivity contribution in [2.75, 3.05) is 26.0 Å². The maximum absolute atomic E-state index is 6.27. The molecule has 1 saturated heterocycles. The van der Waals surface area contributed by atoms with Gasteiger partial charge in [-0.3, -0.25) is 4.67 Å². The van der Waals surface area contributed by atoms with Crippen molar-refractivity contribution in [3.8, 4) is 0 Å². The Morgan fingerprint density at radius 3 is 2.53 bits per heavy atom. The Kier molecular flexibility index (Phi) is 5.16. The molecule has 1 heterocycles. The molecular weight excluding hydrogens is 271 g/mol. The monoisotopic (exact) mass is 296 g/mol. The van der Waals surface area contributed by atoms with Gasteiger partial charge in [-0.25, -0.2) is 0 Å². The molecule has 2 unspecified atom stereocenters. The fourth-order valence-electron chi connectivity index (χ4n) is 2.68. The molecule has 2 nitrogen and oxygen atoms in total. The lowest BCUT2D eigenvalue weighted by Gasteiger charge is -2.31. The van der Waals surface area contributed by atoms with Gasteiger partial charge in [0, 0.05) is 23.5 Å². The molecule has 2 atom stereocenters. The minimum atomic E-state index is 0.0812. The Morgan fingerprint density at radius 1 is 1.32 bits per heavy atom. The van der Waals surface area contributed by atoms with E-state index in [1.807, 2.05) is 11.8 Å². The number of nitrogens with zero attached hydrogens (tertiary/aromatic N) is 1. The third kappa shape index (κ3) is 3.65. The van der Waals surface area contributed by atoms with Crippen molar-refractivity contribution in [2.45, 2.75) is 24.5 Å². The van der Waals surface area contributed by atoms with Crippen molar-refractivity contribution < 1.29 is 0 Å². The quantitative estimate of drug-likeness (QED) is 0.810. The van der Waals surface area contributed by atoms with Crippen molar-refractivity contribution in [3.05, 3.63) is 35.6 Å². The van der Waals surface area contributed by atoms with Crippen LogP contribution in [0.25, 0.3) is 0 Å². The zero-order valence-electron chi connectivity index (χ0n) is 12.1. The summed E-state index contributed by atoms with van der Waals surface area (Å²) in [5.74, 6) is 0.637. The van der Waals surface area contributed by atoms with Gasteiger partial charge < -0.3 is 5.73 Å². The van der Waals surface area contributed by atoms with Crippen LogP contribution in [0.5, 0.6) is 0 Å². The molecule has 1 aliphatic carbocycles. The second kappa shape index (κ2) is 6.47. The Hall–Kier alpha value is -0.240. The van der Waals surface area contributed by atoms with E-state index in [2.05, 4.69) is 48.8 Å². The molecule has 1 aliphatic heterocycles. The van der Waals surface area contributed by atoms with Crippen LogP contribution >= 0.6 is 20.5 Å². The summed E-state index contributed by atoms with van der Waals surface area (Å²) in [5.41, 5.74) is 8.59. The first-order chi connectivity index (χ1) is 9.08. The maximum Gasteiger partial charge on any atom is 0.0494 e. The molecule has 2 N–H and O–H groups in total. The number of nitrogens with two attached hydrogens (primary N) is 1. The molecule has 4 heteroatoms. The molecule has 0 saturated carbocycles. The Morgan fingerprint density at radius 2 is 1.95 bits per heavy atom. The highest BCUT2D eigenvalue weighted by molar-refractivity contribution is 8.00. The van der Waals surface area contributed by atoms with Crippen molar-refractivity contribution in [1.29, 1.82) is 0 Å². The molecule has 0 radical (unpaired) electrons. The van der Waals surface area contributed by atoms with E-state index < -0.39 is 0 Å². The van der Waals surface area contributed by atoms with Crippen LogP contribution in [-0.2, 0) is 0 Å². The summed E-state index contributed by atoms with van der Waals surface area (Å²) in [6, 6.07) is 0. The minimum absolute atomic E-state index is 0.0812. The first-order valence-corrected chi connectivity index (χ1v) is 9.61. The molecule has 1 fully saturated rings. The van der Waals surface area contributed by atoms with Crippen LogP contribution in [0.1, 0.15) is 19.8 Å². The van der Waals surface area contributed by atoms with E-state index >= 15 is 0 Å². The van der Waals surface area contributed by atoms with Gasteiger partial charge in [-0.05, 0) is 50.3 Å². The van der Waals surface area contributed by atoms with E-state index in [1.54, 1.807) is 0 Å². The second-order valence-electron chi connectivity index (χ2n) is 5.45. The summed E-state index contributed by atoms with van der Waals surface area (Å²) in [7, 11) is 0.940.